The predicted molar refractivity (Wildman–Crippen MR) is 99.5 cm³/mol. The zero-order valence-corrected chi connectivity index (χ0v) is 15.5. The fourth-order valence-electron chi connectivity index (χ4n) is 2.90. The molecule has 3 rings (SSSR count). The van der Waals surface area contributed by atoms with Crippen molar-refractivity contribution in [3.8, 4) is 5.88 Å². The van der Waals surface area contributed by atoms with Crippen molar-refractivity contribution in [1.29, 1.82) is 0 Å². The summed E-state index contributed by atoms with van der Waals surface area (Å²) < 4.78 is 20.0. The van der Waals surface area contributed by atoms with Gasteiger partial charge in [0.25, 0.3) is 5.91 Å². The molecule has 5 nitrogen and oxygen atoms in total. The molecule has 0 unspecified atom stereocenters. The van der Waals surface area contributed by atoms with Crippen LogP contribution >= 0.6 is 11.6 Å². The normalized spacial score (nSPS) is 15.7. The van der Waals surface area contributed by atoms with Crippen molar-refractivity contribution in [3.63, 3.8) is 0 Å². The first kappa shape index (κ1) is 18.6. The lowest BCUT2D eigenvalue weighted by molar-refractivity contribution is 0.0987. The lowest BCUT2D eigenvalue weighted by atomic mass is 10.1. The Kier molecular flexibility index (Phi) is 5.74. The second-order valence-corrected chi connectivity index (χ2v) is 6.82. The Morgan fingerprint density at radius 3 is 2.65 bits per heavy atom. The fraction of sp³-hybridized carbons (Fsp3) is 0.368. The first-order valence-electron chi connectivity index (χ1n) is 8.50. The third-order valence-electron chi connectivity index (χ3n) is 4.49. The summed E-state index contributed by atoms with van der Waals surface area (Å²) >= 11 is 5.99. The summed E-state index contributed by atoms with van der Waals surface area (Å²) in [4.78, 5) is 20.6. The predicted octanol–water partition coefficient (Wildman–Crippen LogP) is 3.62. The summed E-state index contributed by atoms with van der Waals surface area (Å²) in [6.45, 7) is 1.96. The van der Waals surface area contributed by atoms with E-state index >= 15 is 0 Å². The Morgan fingerprint density at radius 1 is 1.27 bits per heavy atom. The summed E-state index contributed by atoms with van der Waals surface area (Å²) in [6.07, 6.45) is 1.97. The van der Waals surface area contributed by atoms with Gasteiger partial charge in [0.2, 0.25) is 5.88 Å². The van der Waals surface area contributed by atoms with Crippen molar-refractivity contribution in [2.24, 2.45) is 0 Å². The summed E-state index contributed by atoms with van der Waals surface area (Å²) in [5.41, 5.74) is -0.167. The van der Waals surface area contributed by atoms with Gasteiger partial charge in [-0.25, -0.2) is 4.39 Å². The van der Waals surface area contributed by atoms with Crippen LogP contribution in [0.3, 0.4) is 0 Å². The minimum absolute atomic E-state index is 0.0700. The molecule has 1 aliphatic rings. The summed E-state index contributed by atoms with van der Waals surface area (Å²) in [5.74, 6) is -0.388. The highest BCUT2D eigenvalue weighted by Crippen LogP contribution is 2.24. The van der Waals surface area contributed by atoms with Crippen LogP contribution in [0.2, 0.25) is 5.02 Å². The Bertz CT molecular complexity index is 774. The van der Waals surface area contributed by atoms with Crippen LogP contribution in [0, 0.1) is 5.82 Å². The highest BCUT2D eigenvalue weighted by Gasteiger charge is 2.22. The van der Waals surface area contributed by atoms with Gasteiger partial charge in [0.15, 0.2) is 0 Å². The van der Waals surface area contributed by atoms with E-state index in [9.17, 15) is 9.18 Å². The Morgan fingerprint density at radius 2 is 1.96 bits per heavy atom. The molecule has 0 saturated carbocycles. The van der Waals surface area contributed by atoms with Gasteiger partial charge < -0.3 is 9.64 Å². The highest BCUT2D eigenvalue weighted by molar-refractivity contribution is 6.34. The minimum atomic E-state index is -0.659. The molecule has 138 valence electrons. The molecule has 1 amide bonds. The first-order chi connectivity index (χ1) is 12.5. The van der Waals surface area contributed by atoms with Crippen LogP contribution in [0.25, 0.3) is 0 Å². The molecule has 0 spiro atoms. The molecule has 1 fully saturated rings. The molecule has 0 aliphatic carbocycles. The van der Waals surface area contributed by atoms with Gasteiger partial charge in [0.05, 0.1) is 10.6 Å². The van der Waals surface area contributed by atoms with E-state index in [1.54, 1.807) is 18.2 Å². The average molecular weight is 378 g/mol. The zero-order valence-electron chi connectivity index (χ0n) is 14.8. The van der Waals surface area contributed by atoms with Crippen molar-refractivity contribution >= 4 is 23.3 Å². The van der Waals surface area contributed by atoms with Gasteiger partial charge in [-0.3, -0.25) is 9.69 Å². The van der Waals surface area contributed by atoms with E-state index < -0.39 is 11.7 Å². The third kappa shape index (κ3) is 4.14. The quantitative estimate of drug-likeness (QED) is 0.816. The number of rotatable bonds is 4. The zero-order chi connectivity index (χ0) is 18.7. The lowest BCUT2D eigenvalue weighted by Gasteiger charge is -2.29. The number of pyridine rings is 1. The lowest BCUT2D eigenvalue weighted by Crippen LogP contribution is -2.35. The van der Waals surface area contributed by atoms with Gasteiger partial charge in [-0.1, -0.05) is 23.7 Å². The van der Waals surface area contributed by atoms with Crippen LogP contribution in [0.1, 0.15) is 23.2 Å². The van der Waals surface area contributed by atoms with Crippen LogP contribution in [0.4, 0.5) is 10.2 Å². The monoisotopic (exact) mass is 377 g/mol. The highest BCUT2D eigenvalue weighted by atomic mass is 35.5. The van der Waals surface area contributed by atoms with Crippen LogP contribution in [-0.2, 0) is 0 Å². The summed E-state index contributed by atoms with van der Waals surface area (Å²) in [5, 5.41) is 0.0700. The van der Waals surface area contributed by atoms with Crippen LogP contribution < -0.4 is 9.64 Å². The summed E-state index contributed by atoms with van der Waals surface area (Å²) in [7, 11) is 3.62. The van der Waals surface area contributed by atoms with Gasteiger partial charge >= 0.3 is 0 Å². The van der Waals surface area contributed by atoms with E-state index in [2.05, 4.69) is 16.9 Å². The number of benzene rings is 1. The van der Waals surface area contributed by atoms with E-state index in [1.807, 2.05) is 0 Å². The summed E-state index contributed by atoms with van der Waals surface area (Å²) in [6, 6.07) is 9.35. The van der Waals surface area contributed by atoms with Crippen molar-refractivity contribution < 1.29 is 13.9 Å². The Hall–Kier alpha value is -2.18. The van der Waals surface area contributed by atoms with E-state index in [-0.39, 0.29) is 16.7 Å². The average Bonchev–Trinajstić information content (AvgIpc) is 2.63. The maximum Gasteiger partial charge on any atom is 0.263 e. The maximum atomic E-state index is 14.0. The maximum absolute atomic E-state index is 14.0. The third-order valence-corrected chi connectivity index (χ3v) is 4.80. The molecular weight excluding hydrogens is 357 g/mol. The molecule has 0 atom stereocenters. The molecule has 0 radical (unpaired) electrons. The number of hydrogen-bond donors (Lipinski definition) is 0. The number of piperidine rings is 1. The minimum Gasteiger partial charge on any atom is -0.474 e. The van der Waals surface area contributed by atoms with Crippen LogP contribution in [-0.4, -0.2) is 49.1 Å². The van der Waals surface area contributed by atoms with Crippen molar-refractivity contribution in [3.05, 3.63) is 52.8 Å². The van der Waals surface area contributed by atoms with E-state index in [4.69, 9.17) is 16.3 Å². The van der Waals surface area contributed by atoms with Gasteiger partial charge in [0.1, 0.15) is 17.7 Å². The molecule has 1 aromatic heterocycles. The van der Waals surface area contributed by atoms with Gasteiger partial charge in [0, 0.05) is 26.2 Å². The second-order valence-electron chi connectivity index (χ2n) is 6.42. The number of aromatic nitrogens is 1. The van der Waals surface area contributed by atoms with Crippen LogP contribution in [0.15, 0.2) is 36.4 Å². The topological polar surface area (TPSA) is 45.7 Å². The van der Waals surface area contributed by atoms with Crippen molar-refractivity contribution in [2.75, 3.05) is 32.1 Å². The molecule has 2 aromatic rings. The second kappa shape index (κ2) is 8.01. The Balaban J connectivity index is 1.76. The molecule has 26 heavy (non-hydrogen) atoms. The largest absolute Gasteiger partial charge is 0.474 e. The molecular formula is C19H21ClFN3O2. The van der Waals surface area contributed by atoms with E-state index in [1.165, 1.54) is 30.1 Å². The van der Waals surface area contributed by atoms with Gasteiger partial charge in [-0.15, -0.1) is 0 Å². The SMILES string of the molecule is CN1CCC(Oc2cccc(N(C)C(=O)c3c(F)cccc3Cl)n2)CC1. The molecule has 1 saturated heterocycles. The standard InChI is InChI=1S/C19H21ClFN3O2/c1-23-11-9-13(10-12-23)26-17-8-4-7-16(22-17)24(2)19(25)18-14(20)5-3-6-15(18)21/h3-8,13H,9-12H2,1-2H3. The molecule has 7 heteroatoms. The molecule has 1 aliphatic heterocycles. The smallest absolute Gasteiger partial charge is 0.263 e. The number of anilines is 1. The van der Waals surface area contributed by atoms with Crippen molar-refractivity contribution in [2.45, 2.75) is 18.9 Å². The number of nitrogens with zero attached hydrogens (tertiary/aromatic N) is 3. The van der Waals surface area contributed by atoms with Crippen LogP contribution in [0.5, 0.6) is 5.88 Å². The fourth-order valence-corrected chi connectivity index (χ4v) is 3.15. The van der Waals surface area contributed by atoms with Crippen molar-refractivity contribution in [1.82, 2.24) is 9.88 Å². The van der Waals surface area contributed by atoms with Gasteiger partial charge in [-0.2, -0.15) is 4.98 Å². The number of amides is 1. The molecule has 0 N–H and O–H groups in total. The number of carbonyl (C=O) groups is 1. The number of ether oxygens (including phenoxy) is 1. The molecule has 0 bridgehead atoms. The molecule has 1 aromatic carbocycles. The number of halogens is 2. The number of carbonyl (C=O) groups excluding carboxylic acids is 1. The van der Waals surface area contributed by atoms with E-state index in [0.717, 1.165) is 25.9 Å². The van der Waals surface area contributed by atoms with Gasteiger partial charge in [-0.05, 0) is 38.1 Å². The number of hydrogen-bond acceptors (Lipinski definition) is 4. The molecule has 2 heterocycles. The number of likely N-dealkylation sites (tertiary alicyclic amines) is 1. The first-order valence-corrected chi connectivity index (χ1v) is 8.88. The Labute approximate surface area is 157 Å². The van der Waals surface area contributed by atoms with E-state index in [0.29, 0.717) is 11.7 Å².